The number of hydrogen-bond donors (Lipinski definition) is 1. The summed E-state index contributed by atoms with van der Waals surface area (Å²) in [4.78, 5) is 1.82. The summed E-state index contributed by atoms with van der Waals surface area (Å²) < 4.78 is 13.7. The van der Waals surface area contributed by atoms with Crippen LogP contribution in [0, 0.1) is 5.82 Å². The third-order valence-electron chi connectivity index (χ3n) is 2.66. The molecule has 0 radical (unpaired) electrons. The van der Waals surface area contributed by atoms with Gasteiger partial charge in [0.1, 0.15) is 5.82 Å². The maximum Gasteiger partial charge on any atom is 0.148 e. The summed E-state index contributed by atoms with van der Waals surface area (Å²) in [5, 5.41) is 0. The quantitative estimate of drug-likeness (QED) is 0.821. The predicted molar refractivity (Wildman–Crippen MR) is 69.4 cm³/mol. The summed E-state index contributed by atoms with van der Waals surface area (Å²) >= 11 is 0. The Labute approximate surface area is 100 Å². The van der Waals surface area contributed by atoms with Crippen molar-refractivity contribution in [3.8, 4) is 0 Å². The molecular formula is C14H15FN2. The van der Waals surface area contributed by atoms with Gasteiger partial charge in [-0.1, -0.05) is 36.4 Å². The van der Waals surface area contributed by atoms with Gasteiger partial charge in [-0.25, -0.2) is 4.39 Å². The van der Waals surface area contributed by atoms with Crippen LogP contribution < -0.4 is 10.6 Å². The van der Waals surface area contributed by atoms with Crippen molar-refractivity contribution in [3.05, 3.63) is 59.9 Å². The first-order valence-electron chi connectivity index (χ1n) is 5.47. The van der Waals surface area contributed by atoms with Crippen molar-refractivity contribution in [2.75, 3.05) is 17.7 Å². The first-order valence-corrected chi connectivity index (χ1v) is 5.47. The third-order valence-corrected chi connectivity index (χ3v) is 2.66. The van der Waals surface area contributed by atoms with Crippen molar-refractivity contribution in [2.24, 2.45) is 0 Å². The molecule has 0 atom stereocenters. The van der Waals surface area contributed by atoms with E-state index < -0.39 is 0 Å². The minimum Gasteiger partial charge on any atom is -0.397 e. The lowest BCUT2D eigenvalue weighted by molar-refractivity contribution is 0.623. The fourth-order valence-corrected chi connectivity index (χ4v) is 1.87. The number of nitrogens with zero attached hydrogens (tertiary/aromatic N) is 1. The molecule has 17 heavy (non-hydrogen) atoms. The molecule has 0 heterocycles. The number of anilines is 2. The average Bonchev–Trinajstić information content (AvgIpc) is 2.30. The normalized spacial score (nSPS) is 10.2. The zero-order chi connectivity index (χ0) is 12.3. The molecule has 0 aliphatic heterocycles. The minimum atomic E-state index is -0.288. The number of halogens is 1. The van der Waals surface area contributed by atoms with Crippen LogP contribution >= 0.6 is 0 Å². The van der Waals surface area contributed by atoms with Gasteiger partial charge in [-0.15, -0.1) is 0 Å². The van der Waals surface area contributed by atoms with E-state index in [9.17, 15) is 4.39 Å². The largest absolute Gasteiger partial charge is 0.397 e. The molecule has 88 valence electrons. The summed E-state index contributed by atoms with van der Waals surface area (Å²) in [6, 6.07) is 14.7. The van der Waals surface area contributed by atoms with Gasteiger partial charge in [-0.05, 0) is 17.7 Å². The smallest absolute Gasteiger partial charge is 0.148 e. The molecule has 0 unspecified atom stereocenters. The monoisotopic (exact) mass is 230 g/mol. The molecule has 0 aliphatic carbocycles. The second-order valence-corrected chi connectivity index (χ2v) is 4.02. The molecule has 0 fully saturated rings. The number of benzene rings is 2. The standard InChI is InChI=1S/C14H15FN2/c1-17(10-11-6-3-2-4-7-11)14-12(15)8-5-9-13(14)16/h2-9H,10,16H2,1H3. The van der Waals surface area contributed by atoms with Crippen LogP contribution in [0.4, 0.5) is 15.8 Å². The average molecular weight is 230 g/mol. The van der Waals surface area contributed by atoms with E-state index in [-0.39, 0.29) is 5.82 Å². The maximum absolute atomic E-state index is 13.7. The highest BCUT2D eigenvalue weighted by Gasteiger charge is 2.10. The second-order valence-electron chi connectivity index (χ2n) is 4.02. The summed E-state index contributed by atoms with van der Waals surface area (Å²) in [6.45, 7) is 0.631. The Morgan fingerprint density at radius 2 is 1.76 bits per heavy atom. The van der Waals surface area contributed by atoms with Gasteiger partial charge in [-0.3, -0.25) is 0 Å². The molecule has 0 aliphatic rings. The van der Waals surface area contributed by atoms with E-state index in [0.717, 1.165) is 5.56 Å². The molecule has 0 amide bonds. The van der Waals surface area contributed by atoms with Gasteiger partial charge >= 0.3 is 0 Å². The highest BCUT2D eigenvalue weighted by molar-refractivity contribution is 5.67. The maximum atomic E-state index is 13.7. The van der Waals surface area contributed by atoms with Gasteiger partial charge < -0.3 is 10.6 Å². The summed E-state index contributed by atoms with van der Waals surface area (Å²) in [5.74, 6) is -0.288. The molecule has 0 saturated heterocycles. The SMILES string of the molecule is CN(Cc1ccccc1)c1c(N)cccc1F. The van der Waals surface area contributed by atoms with E-state index >= 15 is 0 Å². The van der Waals surface area contributed by atoms with Crippen molar-refractivity contribution in [1.82, 2.24) is 0 Å². The zero-order valence-corrected chi connectivity index (χ0v) is 9.73. The molecule has 3 heteroatoms. The summed E-state index contributed by atoms with van der Waals surface area (Å²) in [5.41, 5.74) is 7.83. The first-order chi connectivity index (χ1) is 8.18. The fraction of sp³-hybridized carbons (Fsp3) is 0.143. The van der Waals surface area contributed by atoms with E-state index in [0.29, 0.717) is 17.9 Å². The lowest BCUT2D eigenvalue weighted by Crippen LogP contribution is -2.19. The molecule has 0 saturated carbocycles. The Balaban J connectivity index is 2.23. The van der Waals surface area contributed by atoms with Crippen LogP contribution in [-0.2, 0) is 6.54 Å². The molecule has 2 N–H and O–H groups in total. The van der Waals surface area contributed by atoms with Crippen LogP contribution in [0.2, 0.25) is 0 Å². The molecular weight excluding hydrogens is 215 g/mol. The number of para-hydroxylation sites is 1. The van der Waals surface area contributed by atoms with Crippen molar-refractivity contribution in [2.45, 2.75) is 6.54 Å². The number of nitrogens with two attached hydrogens (primary N) is 1. The lowest BCUT2D eigenvalue weighted by Gasteiger charge is -2.21. The molecule has 2 nitrogen and oxygen atoms in total. The van der Waals surface area contributed by atoms with E-state index in [2.05, 4.69) is 0 Å². The van der Waals surface area contributed by atoms with Crippen molar-refractivity contribution < 1.29 is 4.39 Å². The Bertz CT molecular complexity index is 477. The fourth-order valence-electron chi connectivity index (χ4n) is 1.87. The van der Waals surface area contributed by atoms with Gasteiger partial charge in [-0.2, -0.15) is 0 Å². The topological polar surface area (TPSA) is 29.3 Å². The molecule has 0 bridgehead atoms. The minimum absolute atomic E-state index is 0.288. The predicted octanol–water partition coefficient (Wildman–Crippen LogP) is 3.04. The van der Waals surface area contributed by atoms with E-state index in [1.807, 2.05) is 42.3 Å². The molecule has 0 aromatic heterocycles. The Kier molecular flexibility index (Phi) is 3.28. The van der Waals surface area contributed by atoms with Crippen molar-refractivity contribution in [3.63, 3.8) is 0 Å². The number of hydrogen-bond acceptors (Lipinski definition) is 2. The Morgan fingerprint density at radius 3 is 2.41 bits per heavy atom. The van der Waals surface area contributed by atoms with Crippen LogP contribution in [0.15, 0.2) is 48.5 Å². The first kappa shape index (κ1) is 11.5. The highest BCUT2D eigenvalue weighted by atomic mass is 19.1. The van der Waals surface area contributed by atoms with E-state index in [1.54, 1.807) is 12.1 Å². The van der Waals surface area contributed by atoms with Crippen LogP contribution in [0.5, 0.6) is 0 Å². The van der Waals surface area contributed by atoms with Crippen molar-refractivity contribution >= 4 is 11.4 Å². The summed E-state index contributed by atoms with van der Waals surface area (Å²) in [7, 11) is 1.84. The molecule has 0 spiro atoms. The zero-order valence-electron chi connectivity index (χ0n) is 9.73. The van der Waals surface area contributed by atoms with Gasteiger partial charge in [0.2, 0.25) is 0 Å². The Hall–Kier alpha value is -2.03. The molecule has 2 aromatic rings. The Morgan fingerprint density at radius 1 is 1.06 bits per heavy atom. The summed E-state index contributed by atoms with van der Waals surface area (Å²) in [6.07, 6.45) is 0. The molecule has 2 aromatic carbocycles. The highest BCUT2D eigenvalue weighted by Crippen LogP contribution is 2.26. The lowest BCUT2D eigenvalue weighted by atomic mass is 10.2. The van der Waals surface area contributed by atoms with Crippen LogP contribution in [0.1, 0.15) is 5.56 Å². The van der Waals surface area contributed by atoms with E-state index in [1.165, 1.54) is 6.07 Å². The van der Waals surface area contributed by atoms with Crippen molar-refractivity contribution in [1.29, 1.82) is 0 Å². The third kappa shape index (κ3) is 2.56. The van der Waals surface area contributed by atoms with E-state index in [4.69, 9.17) is 5.73 Å². The number of rotatable bonds is 3. The van der Waals surface area contributed by atoms with Crippen LogP contribution in [-0.4, -0.2) is 7.05 Å². The second kappa shape index (κ2) is 4.87. The number of nitrogen functional groups attached to an aromatic ring is 1. The molecule has 2 rings (SSSR count). The van der Waals surface area contributed by atoms with Gasteiger partial charge in [0.15, 0.2) is 0 Å². The van der Waals surface area contributed by atoms with Gasteiger partial charge in [0.05, 0.1) is 11.4 Å². The van der Waals surface area contributed by atoms with Crippen LogP contribution in [0.25, 0.3) is 0 Å². The van der Waals surface area contributed by atoms with Gasteiger partial charge in [0.25, 0.3) is 0 Å². The van der Waals surface area contributed by atoms with Crippen LogP contribution in [0.3, 0.4) is 0 Å². The van der Waals surface area contributed by atoms with Gasteiger partial charge in [0, 0.05) is 13.6 Å².